The third kappa shape index (κ3) is 9.49. The highest BCUT2D eigenvalue weighted by Gasteiger charge is 2.31. The first-order valence-corrected chi connectivity index (χ1v) is 7.85. The Morgan fingerprint density at radius 2 is 1.50 bits per heavy atom. The summed E-state index contributed by atoms with van der Waals surface area (Å²) < 4.78 is 0.991. The summed E-state index contributed by atoms with van der Waals surface area (Å²) in [6.07, 6.45) is 3.21. The molecule has 0 spiro atoms. The third-order valence-corrected chi connectivity index (χ3v) is 3.23. The standard InChI is InChI=1S/C17H37N2O/c1-16(2,3)15(20)14(18-17(4,5)6)12-10-11-13-19(7,8)9/h14,18H,10-13H2,1-9H3/q+1. The van der Waals surface area contributed by atoms with Gasteiger partial charge in [0.05, 0.1) is 33.7 Å². The molecule has 0 amide bonds. The zero-order valence-electron chi connectivity index (χ0n) is 15.3. The minimum atomic E-state index is -0.275. The third-order valence-electron chi connectivity index (χ3n) is 3.23. The first-order valence-electron chi connectivity index (χ1n) is 7.85. The van der Waals surface area contributed by atoms with Crippen LogP contribution in [0.1, 0.15) is 60.8 Å². The lowest BCUT2D eigenvalue weighted by molar-refractivity contribution is -0.870. The molecule has 0 saturated heterocycles. The minimum Gasteiger partial charge on any atom is -0.331 e. The smallest absolute Gasteiger partial charge is 0.155 e. The van der Waals surface area contributed by atoms with E-state index >= 15 is 0 Å². The van der Waals surface area contributed by atoms with E-state index < -0.39 is 0 Å². The fourth-order valence-electron chi connectivity index (χ4n) is 2.25. The van der Waals surface area contributed by atoms with Crippen LogP contribution in [0.5, 0.6) is 0 Å². The highest BCUT2D eigenvalue weighted by Crippen LogP contribution is 2.21. The zero-order chi connectivity index (χ0) is 16.2. The second kappa shape index (κ2) is 7.04. The number of hydrogen-bond donors (Lipinski definition) is 1. The molecule has 0 rings (SSSR count). The van der Waals surface area contributed by atoms with Gasteiger partial charge in [-0.2, -0.15) is 0 Å². The Morgan fingerprint density at radius 1 is 1.00 bits per heavy atom. The van der Waals surface area contributed by atoms with E-state index in [1.165, 1.54) is 6.42 Å². The maximum absolute atomic E-state index is 12.6. The van der Waals surface area contributed by atoms with Gasteiger partial charge < -0.3 is 9.80 Å². The van der Waals surface area contributed by atoms with Crippen LogP contribution in [-0.4, -0.2) is 49.5 Å². The van der Waals surface area contributed by atoms with E-state index in [-0.39, 0.29) is 17.0 Å². The lowest BCUT2D eigenvalue weighted by Crippen LogP contribution is -2.50. The van der Waals surface area contributed by atoms with Crippen molar-refractivity contribution in [2.24, 2.45) is 5.41 Å². The number of rotatable bonds is 7. The predicted octanol–water partition coefficient (Wildman–Crippen LogP) is 3.23. The van der Waals surface area contributed by atoms with E-state index in [9.17, 15) is 4.79 Å². The number of nitrogens with zero attached hydrogens (tertiary/aromatic N) is 1. The quantitative estimate of drug-likeness (QED) is 0.575. The van der Waals surface area contributed by atoms with Gasteiger partial charge in [-0.05, 0) is 40.0 Å². The normalized spacial score (nSPS) is 15.2. The number of unbranched alkanes of at least 4 members (excludes halogenated alkanes) is 1. The number of Topliss-reactive ketones (excluding diaryl/α,β-unsaturated/α-hetero) is 1. The average molecular weight is 285 g/mol. The summed E-state index contributed by atoms with van der Waals surface area (Å²) in [6.45, 7) is 13.6. The molecular weight excluding hydrogens is 248 g/mol. The Bertz CT molecular complexity index is 302. The molecule has 1 unspecified atom stereocenters. The van der Waals surface area contributed by atoms with E-state index in [4.69, 9.17) is 0 Å². The first-order chi connectivity index (χ1) is 8.72. The Hall–Kier alpha value is -0.410. The molecule has 0 aromatic carbocycles. The van der Waals surface area contributed by atoms with Crippen LogP contribution in [0.15, 0.2) is 0 Å². The Kier molecular flexibility index (Phi) is 6.89. The molecule has 0 aromatic rings. The number of nitrogens with one attached hydrogen (secondary N) is 1. The monoisotopic (exact) mass is 285 g/mol. The van der Waals surface area contributed by atoms with Crippen LogP contribution in [-0.2, 0) is 4.79 Å². The molecule has 120 valence electrons. The number of carbonyl (C=O) groups excluding carboxylic acids is 1. The molecule has 0 fully saturated rings. The van der Waals surface area contributed by atoms with Crippen LogP contribution in [0.4, 0.5) is 0 Å². The maximum atomic E-state index is 12.6. The molecule has 3 heteroatoms. The summed E-state index contributed by atoms with van der Waals surface area (Å²) in [5.74, 6) is 0.331. The Morgan fingerprint density at radius 3 is 1.85 bits per heavy atom. The van der Waals surface area contributed by atoms with Crippen LogP contribution < -0.4 is 5.32 Å². The predicted molar refractivity (Wildman–Crippen MR) is 87.9 cm³/mol. The molecule has 0 saturated carbocycles. The van der Waals surface area contributed by atoms with Crippen molar-refractivity contribution in [2.45, 2.75) is 72.4 Å². The van der Waals surface area contributed by atoms with Gasteiger partial charge in [0.2, 0.25) is 0 Å². The van der Waals surface area contributed by atoms with Gasteiger partial charge in [-0.15, -0.1) is 0 Å². The molecular formula is C17H37N2O+. The van der Waals surface area contributed by atoms with Gasteiger partial charge in [-0.25, -0.2) is 0 Å². The summed E-state index contributed by atoms with van der Waals surface area (Å²) in [7, 11) is 6.64. The van der Waals surface area contributed by atoms with Gasteiger partial charge in [0.25, 0.3) is 0 Å². The van der Waals surface area contributed by atoms with Crippen LogP contribution in [0.2, 0.25) is 0 Å². The van der Waals surface area contributed by atoms with Gasteiger partial charge in [0.15, 0.2) is 5.78 Å². The molecule has 0 heterocycles. The fourth-order valence-corrected chi connectivity index (χ4v) is 2.25. The van der Waals surface area contributed by atoms with E-state index in [1.54, 1.807) is 0 Å². The summed E-state index contributed by atoms with van der Waals surface area (Å²) in [6, 6.07) is -0.0255. The van der Waals surface area contributed by atoms with Crippen molar-refractivity contribution in [1.29, 1.82) is 0 Å². The fraction of sp³-hybridized carbons (Fsp3) is 0.941. The Labute approximate surface area is 126 Å². The van der Waals surface area contributed by atoms with Crippen molar-refractivity contribution < 1.29 is 9.28 Å². The minimum absolute atomic E-state index is 0.0222. The van der Waals surface area contributed by atoms with Crippen molar-refractivity contribution in [2.75, 3.05) is 27.7 Å². The van der Waals surface area contributed by atoms with E-state index in [1.807, 2.05) is 20.8 Å². The molecule has 0 aliphatic carbocycles. The number of carbonyl (C=O) groups is 1. The van der Waals surface area contributed by atoms with Crippen molar-refractivity contribution in [1.82, 2.24) is 5.32 Å². The lowest BCUT2D eigenvalue weighted by atomic mass is 9.84. The van der Waals surface area contributed by atoms with Gasteiger partial charge in [0, 0.05) is 11.0 Å². The van der Waals surface area contributed by atoms with E-state index in [0.29, 0.717) is 5.78 Å². The molecule has 3 nitrogen and oxygen atoms in total. The largest absolute Gasteiger partial charge is 0.331 e. The summed E-state index contributed by atoms with van der Waals surface area (Å²) >= 11 is 0. The molecule has 20 heavy (non-hydrogen) atoms. The van der Waals surface area contributed by atoms with Gasteiger partial charge >= 0.3 is 0 Å². The van der Waals surface area contributed by atoms with Gasteiger partial charge in [0.1, 0.15) is 0 Å². The molecule has 0 aromatic heterocycles. The van der Waals surface area contributed by atoms with Crippen molar-refractivity contribution in [3.63, 3.8) is 0 Å². The van der Waals surface area contributed by atoms with Crippen LogP contribution in [0.3, 0.4) is 0 Å². The number of hydrogen-bond acceptors (Lipinski definition) is 2. The van der Waals surface area contributed by atoms with Crippen LogP contribution >= 0.6 is 0 Å². The summed E-state index contributed by atoms with van der Waals surface area (Å²) in [5, 5.41) is 3.51. The summed E-state index contributed by atoms with van der Waals surface area (Å²) in [4.78, 5) is 12.6. The number of ketones is 1. The first kappa shape index (κ1) is 19.6. The highest BCUT2D eigenvalue weighted by atomic mass is 16.1. The van der Waals surface area contributed by atoms with Crippen molar-refractivity contribution in [3.05, 3.63) is 0 Å². The van der Waals surface area contributed by atoms with Gasteiger partial charge in [-0.1, -0.05) is 20.8 Å². The highest BCUT2D eigenvalue weighted by molar-refractivity contribution is 5.88. The average Bonchev–Trinajstić information content (AvgIpc) is 2.17. The molecule has 0 radical (unpaired) electrons. The second-order valence-corrected chi connectivity index (χ2v) is 9.07. The van der Waals surface area contributed by atoms with E-state index in [2.05, 4.69) is 47.2 Å². The molecule has 1 atom stereocenters. The van der Waals surface area contributed by atoms with E-state index in [0.717, 1.165) is 23.9 Å². The maximum Gasteiger partial charge on any atom is 0.155 e. The SMILES string of the molecule is CC(C)(C)NC(CCCC[N+](C)(C)C)C(=O)C(C)(C)C. The second-order valence-electron chi connectivity index (χ2n) is 9.07. The molecule has 0 aliphatic rings. The van der Waals surface area contributed by atoms with Crippen LogP contribution in [0.25, 0.3) is 0 Å². The zero-order valence-corrected chi connectivity index (χ0v) is 15.3. The number of quaternary nitrogens is 1. The van der Waals surface area contributed by atoms with Gasteiger partial charge in [-0.3, -0.25) is 4.79 Å². The summed E-state index contributed by atoms with van der Waals surface area (Å²) in [5.41, 5.74) is -0.297. The lowest BCUT2D eigenvalue weighted by Gasteiger charge is -2.32. The van der Waals surface area contributed by atoms with Crippen molar-refractivity contribution in [3.8, 4) is 0 Å². The molecule has 0 aliphatic heterocycles. The molecule has 1 N–H and O–H groups in total. The van der Waals surface area contributed by atoms with Crippen LogP contribution in [0, 0.1) is 5.41 Å². The topological polar surface area (TPSA) is 29.1 Å². The van der Waals surface area contributed by atoms with Crippen molar-refractivity contribution >= 4 is 5.78 Å². The Balaban J connectivity index is 4.53. The molecule has 0 bridgehead atoms.